The number of anilines is 2. The van der Waals surface area contributed by atoms with Crippen molar-refractivity contribution in [3.63, 3.8) is 0 Å². The van der Waals surface area contributed by atoms with Gasteiger partial charge in [0.05, 0.1) is 24.0 Å². The van der Waals surface area contributed by atoms with Crippen molar-refractivity contribution < 1.29 is 23.5 Å². The fraction of sp³-hybridized carbons (Fsp3) is 0.190. The molecule has 0 atom stereocenters. The van der Waals surface area contributed by atoms with Gasteiger partial charge >= 0.3 is 5.97 Å². The van der Waals surface area contributed by atoms with Gasteiger partial charge in [-0.3, -0.25) is 4.79 Å². The van der Waals surface area contributed by atoms with Crippen LogP contribution in [0.1, 0.15) is 10.4 Å². The third kappa shape index (κ3) is 3.62. The predicted molar refractivity (Wildman–Crippen MR) is 104 cm³/mol. The largest absolute Gasteiger partial charge is 0.494 e. The first-order valence-corrected chi connectivity index (χ1v) is 8.63. The average Bonchev–Trinajstić information content (AvgIpc) is 2.98. The highest BCUT2D eigenvalue weighted by atomic mass is 19.1. The van der Waals surface area contributed by atoms with Gasteiger partial charge in [0.25, 0.3) is 0 Å². The summed E-state index contributed by atoms with van der Waals surface area (Å²) >= 11 is 0. The van der Waals surface area contributed by atoms with Gasteiger partial charge in [-0.05, 0) is 30.3 Å². The third-order valence-corrected chi connectivity index (χ3v) is 4.58. The van der Waals surface area contributed by atoms with E-state index in [1.807, 2.05) is 30.3 Å². The van der Waals surface area contributed by atoms with Crippen LogP contribution in [0.25, 0.3) is 0 Å². The van der Waals surface area contributed by atoms with Gasteiger partial charge in [0.15, 0.2) is 18.2 Å². The van der Waals surface area contributed by atoms with Crippen molar-refractivity contribution in [2.75, 3.05) is 37.6 Å². The van der Waals surface area contributed by atoms with Crippen molar-refractivity contribution in [1.82, 2.24) is 0 Å². The van der Waals surface area contributed by atoms with Crippen LogP contribution in [0.2, 0.25) is 0 Å². The zero-order chi connectivity index (χ0) is 21.1. The van der Waals surface area contributed by atoms with Crippen molar-refractivity contribution in [2.45, 2.75) is 0 Å². The lowest BCUT2D eigenvalue weighted by atomic mass is 10.1. The van der Waals surface area contributed by atoms with E-state index in [-0.39, 0.29) is 16.9 Å². The number of ether oxygens (including phenoxy) is 2. The van der Waals surface area contributed by atoms with Gasteiger partial charge in [0, 0.05) is 14.1 Å². The second-order valence-electron chi connectivity index (χ2n) is 6.27. The predicted octanol–water partition coefficient (Wildman–Crippen LogP) is 2.88. The Balaban J connectivity index is 1.78. The van der Waals surface area contributed by atoms with Crippen LogP contribution in [-0.2, 0) is 9.53 Å². The number of esters is 1. The number of nitriles is 1. The van der Waals surface area contributed by atoms with E-state index in [1.165, 1.54) is 19.2 Å². The maximum Gasteiger partial charge on any atom is 0.338 e. The molecule has 0 saturated carbocycles. The molecule has 1 heterocycles. The molecule has 0 N–H and O–H groups in total. The van der Waals surface area contributed by atoms with E-state index in [1.54, 1.807) is 23.9 Å². The van der Waals surface area contributed by atoms with E-state index in [0.29, 0.717) is 5.82 Å². The number of Topliss-reactive ketones (excluding diaryl/α,β-unsaturated/α-hetero) is 1. The monoisotopic (exact) mass is 395 g/mol. The Morgan fingerprint density at radius 1 is 1.10 bits per heavy atom. The van der Waals surface area contributed by atoms with Gasteiger partial charge in [-0.1, -0.05) is 12.1 Å². The Hall–Kier alpha value is -3.86. The summed E-state index contributed by atoms with van der Waals surface area (Å²) in [4.78, 5) is 28.2. The maximum atomic E-state index is 13.8. The number of halogens is 1. The number of methoxy groups -OCH3 is 1. The molecule has 0 fully saturated rings. The molecule has 0 amide bonds. The van der Waals surface area contributed by atoms with Crippen molar-refractivity contribution in [1.29, 1.82) is 5.26 Å². The van der Waals surface area contributed by atoms with Crippen molar-refractivity contribution >= 4 is 23.1 Å². The number of hydrogen-bond acceptors (Lipinski definition) is 7. The molecule has 2 aromatic carbocycles. The topological polar surface area (TPSA) is 82.9 Å². The van der Waals surface area contributed by atoms with E-state index >= 15 is 0 Å². The van der Waals surface area contributed by atoms with Crippen LogP contribution >= 0.6 is 0 Å². The third-order valence-electron chi connectivity index (χ3n) is 4.58. The summed E-state index contributed by atoms with van der Waals surface area (Å²) in [5.41, 5.74) is 1.48. The summed E-state index contributed by atoms with van der Waals surface area (Å²) in [7, 11) is 4.80. The fourth-order valence-electron chi connectivity index (χ4n) is 3.14. The number of ketones is 1. The van der Waals surface area contributed by atoms with Crippen molar-refractivity contribution in [3.05, 3.63) is 65.2 Å². The Morgan fingerprint density at radius 3 is 2.24 bits per heavy atom. The molecule has 8 heteroatoms. The quantitative estimate of drug-likeness (QED) is 0.437. The molecular formula is C21H18FN3O4. The average molecular weight is 395 g/mol. The lowest BCUT2D eigenvalue weighted by Gasteiger charge is -2.19. The minimum Gasteiger partial charge on any atom is -0.494 e. The van der Waals surface area contributed by atoms with E-state index < -0.39 is 24.2 Å². The first kappa shape index (κ1) is 19.9. The molecule has 0 unspecified atom stereocenters. The van der Waals surface area contributed by atoms with Gasteiger partial charge in [-0.2, -0.15) is 5.26 Å². The highest BCUT2D eigenvalue weighted by Gasteiger charge is 2.31. The van der Waals surface area contributed by atoms with E-state index in [0.717, 1.165) is 17.4 Å². The zero-order valence-corrected chi connectivity index (χ0v) is 16.1. The summed E-state index contributed by atoms with van der Waals surface area (Å²) < 4.78 is 23.5. The minimum atomic E-state index is -0.876. The zero-order valence-electron chi connectivity index (χ0n) is 16.1. The summed E-state index contributed by atoms with van der Waals surface area (Å²) in [6, 6.07) is 12.9. The Morgan fingerprint density at radius 2 is 1.72 bits per heavy atom. The van der Waals surface area contributed by atoms with Crippen LogP contribution < -0.4 is 14.5 Å². The standard InChI is InChI=1S/C21H18FN3O4/c1-24-16-6-4-5-7-17(16)25(2)20(24)14(11-23)18(26)12-29-21(27)13-8-9-19(28-3)15(22)10-13/h4-10H,12H2,1-3H3. The molecule has 1 aliphatic rings. The fourth-order valence-corrected chi connectivity index (χ4v) is 3.14. The number of hydrogen-bond donors (Lipinski definition) is 0. The summed E-state index contributed by atoms with van der Waals surface area (Å²) in [5, 5.41) is 9.56. The first-order chi connectivity index (χ1) is 13.9. The number of carbonyl (C=O) groups excluding carboxylic acids is 2. The number of carbonyl (C=O) groups is 2. The number of para-hydroxylation sites is 2. The summed E-state index contributed by atoms with van der Waals surface area (Å²) in [5.74, 6) is -1.87. The number of fused-ring (bicyclic) bond motifs is 1. The molecule has 0 bridgehead atoms. The summed E-state index contributed by atoms with van der Waals surface area (Å²) in [6.07, 6.45) is 0. The van der Waals surface area contributed by atoms with Gasteiger partial charge in [0.1, 0.15) is 17.5 Å². The van der Waals surface area contributed by atoms with E-state index in [9.17, 15) is 19.2 Å². The normalized spacial score (nSPS) is 12.3. The highest BCUT2D eigenvalue weighted by Crippen LogP contribution is 2.40. The molecule has 0 spiro atoms. The van der Waals surface area contributed by atoms with Gasteiger partial charge < -0.3 is 19.3 Å². The number of rotatable bonds is 5. The van der Waals surface area contributed by atoms with Crippen LogP contribution in [-0.4, -0.2) is 39.6 Å². The second kappa shape index (κ2) is 8.02. The van der Waals surface area contributed by atoms with Crippen LogP contribution in [0.5, 0.6) is 5.75 Å². The van der Waals surface area contributed by atoms with Crippen LogP contribution in [0, 0.1) is 17.1 Å². The minimum absolute atomic E-state index is 0.0130. The van der Waals surface area contributed by atoms with E-state index in [2.05, 4.69) is 0 Å². The van der Waals surface area contributed by atoms with Crippen molar-refractivity contribution in [2.24, 2.45) is 0 Å². The molecule has 0 aromatic heterocycles. The Bertz CT molecular complexity index is 1030. The summed E-state index contributed by atoms with van der Waals surface area (Å²) in [6.45, 7) is -0.642. The second-order valence-corrected chi connectivity index (χ2v) is 6.27. The number of benzene rings is 2. The molecule has 0 aliphatic carbocycles. The highest BCUT2D eigenvalue weighted by molar-refractivity contribution is 6.04. The molecule has 7 nitrogen and oxygen atoms in total. The number of nitrogens with zero attached hydrogens (tertiary/aromatic N) is 3. The van der Waals surface area contributed by atoms with Crippen LogP contribution in [0.3, 0.4) is 0 Å². The van der Waals surface area contributed by atoms with Crippen LogP contribution in [0.15, 0.2) is 53.9 Å². The van der Waals surface area contributed by atoms with Gasteiger partial charge in [0.2, 0.25) is 5.78 Å². The van der Waals surface area contributed by atoms with Gasteiger partial charge in [-0.15, -0.1) is 0 Å². The molecule has 29 heavy (non-hydrogen) atoms. The van der Waals surface area contributed by atoms with Crippen molar-refractivity contribution in [3.8, 4) is 11.8 Å². The molecule has 148 valence electrons. The molecule has 0 saturated heterocycles. The van der Waals surface area contributed by atoms with E-state index in [4.69, 9.17) is 9.47 Å². The Labute approximate surface area is 167 Å². The SMILES string of the molecule is COc1ccc(C(=O)OCC(=O)C(C#N)=C2N(C)c3ccccc3N2C)cc1F. The smallest absolute Gasteiger partial charge is 0.338 e. The van der Waals surface area contributed by atoms with Gasteiger partial charge in [-0.25, -0.2) is 9.18 Å². The molecule has 1 aliphatic heterocycles. The molecular weight excluding hydrogens is 377 g/mol. The first-order valence-electron chi connectivity index (χ1n) is 8.63. The molecule has 0 radical (unpaired) electrons. The van der Waals surface area contributed by atoms with Crippen LogP contribution in [0.4, 0.5) is 15.8 Å². The maximum absolute atomic E-state index is 13.8. The lowest BCUT2D eigenvalue weighted by Crippen LogP contribution is -2.27. The molecule has 2 aromatic rings. The molecule has 3 rings (SSSR count). The lowest BCUT2D eigenvalue weighted by molar-refractivity contribution is -0.118. The Kier molecular flexibility index (Phi) is 5.50.